The number of hydrogen-bond donors (Lipinski definition) is 1. The van der Waals surface area contributed by atoms with Crippen LogP contribution in [0.15, 0.2) is 24.3 Å². The molecule has 1 fully saturated rings. The van der Waals surface area contributed by atoms with Gasteiger partial charge in [-0.3, -0.25) is 4.79 Å². The average molecular weight is 263 g/mol. The molecule has 1 aromatic rings. The maximum atomic E-state index is 11.9. The van der Waals surface area contributed by atoms with Crippen molar-refractivity contribution in [3.05, 3.63) is 29.8 Å². The smallest absolute Gasteiger partial charge is 0.224 e. The van der Waals surface area contributed by atoms with Gasteiger partial charge in [-0.25, -0.2) is 0 Å². The summed E-state index contributed by atoms with van der Waals surface area (Å²) in [4.78, 5) is 13.8. The molecule has 0 aromatic heterocycles. The molecule has 2 rings (SSSR count). The third kappa shape index (κ3) is 3.70. The van der Waals surface area contributed by atoms with Crippen LogP contribution < -0.4 is 0 Å². The Labute approximate surface area is 114 Å². The van der Waals surface area contributed by atoms with Crippen LogP contribution in [0.5, 0.6) is 5.75 Å². The molecule has 4 nitrogen and oxygen atoms in total. The summed E-state index contributed by atoms with van der Waals surface area (Å²) >= 11 is 0. The van der Waals surface area contributed by atoms with E-state index in [2.05, 4.69) is 0 Å². The first-order chi connectivity index (χ1) is 9.20. The Morgan fingerprint density at radius 3 is 2.53 bits per heavy atom. The fourth-order valence-corrected chi connectivity index (χ4v) is 2.56. The number of methoxy groups -OCH3 is 1. The van der Waals surface area contributed by atoms with Gasteiger partial charge in [0, 0.05) is 20.2 Å². The molecule has 0 bridgehead atoms. The van der Waals surface area contributed by atoms with Crippen LogP contribution in [0, 0.1) is 0 Å². The fraction of sp³-hybridized carbons (Fsp3) is 0.533. The summed E-state index contributed by atoms with van der Waals surface area (Å²) in [5, 5.41) is 9.29. The molecule has 19 heavy (non-hydrogen) atoms. The van der Waals surface area contributed by atoms with Gasteiger partial charge in [0.25, 0.3) is 0 Å². The Kier molecular flexibility index (Phi) is 4.80. The molecule has 0 aliphatic carbocycles. The van der Waals surface area contributed by atoms with Crippen LogP contribution in [0.3, 0.4) is 0 Å². The largest absolute Gasteiger partial charge is 0.508 e. The molecular weight excluding hydrogens is 242 g/mol. The molecular formula is C15H21NO3. The molecule has 1 N–H and O–H groups in total. The summed E-state index contributed by atoms with van der Waals surface area (Å²) < 4.78 is 4.93. The van der Waals surface area contributed by atoms with Gasteiger partial charge in [-0.05, 0) is 36.5 Å². The van der Waals surface area contributed by atoms with Crippen LogP contribution >= 0.6 is 0 Å². The number of phenolic OH excluding ortho intramolecular Hbond substituents is 1. The first-order valence-electron chi connectivity index (χ1n) is 6.76. The van der Waals surface area contributed by atoms with Crippen molar-refractivity contribution in [1.29, 1.82) is 0 Å². The van der Waals surface area contributed by atoms with Crippen molar-refractivity contribution in [1.82, 2.24) is 4.90 Å². The normalized spacial score (nSPS) is 16.6. The van der Waals surface area contributed by atoms with Crippen LogP contribution in [-0.2, 0) is 9.53 Å². The zero-order valence-corrected chi connectivity index (χ0v) is 11.3. The van der Waals surface area contributed by atoms with E-state index in [-0.39, 0.29) is 5.91 Å². The van der Waals surface area contributed by atoms with Crippen molar-refractivity contribution in [3.63, 3.8) is 0 Å². The highest BCUT2D eigenvalue weighted by Crippen LogP contribution is 2.29. The van der Waals surface area contributed by atoms with Gasteiger partial charge in [-0.15, -0.1) is 0 Å². The van der Waals surface area contributed by atoms with E-state index in [9.17, 15) is 9.90 Å². The van der Waals surface area contributed by atoms with Gasteiger partial charge in [-0.2, -0.15) is 0 Å². The molecule has 1 aliphatic rings. The maximum Gasteiger partial charge on any atom is 0.224 e. The summed E-state index contributed by atoms with van der Waals surface area (Å²) in [7, 11) is 1.62. The highest BCUT2D eigenvalue weighted by Gasteiger charge is 2.23. The van der Waals surface area contributed by atoms with E-state index in [0.717, 1.165) is 25.9 Å². The fourth-order valence-electron chi connectivity index (χ4n) is 2.56. The van der Waals surface area contributed by atoms with Gasteiger partial charge in [-0.1, -0.05) is 12.1 Å². The number of hydrogen-bond acceptors (Lipinski definition) is 3. The second-order valence-electron chi connectivity index (χ2n) is 4.99. The minimum atomic E-state index is 0.186. The van der Waals surface area contributed by atoms with Crippen LogP contribution in [0.1, 0.15) is 30.7 Å². The van der Waals surface area contributed by atoms with Crippen molar-refractivity contribution in [3.8, 4) is 5.75 Å². The number of amides is 1. The Hall–Kier alpha value is -1.55. The lowest BCUT2D eigenvalue weighted by Gasteiger charge is -2.32. The molecule has 0 radical (unpaired) electrons. The maximum absolute atomic E-state index is 11.9. The van der Waals surface area contributed by atoms with Gasteiger partial charge in [0.2, 0.25) is 5.91 Å². The second kappa shape index (κ2) is 6.57. The Bertz CT molecular complexity index is 408. The number of benzene rings is 1. The highest BCUT2D eigenvalue weighted by atomic mass is 16.5. The van der Waals surface area contributed by atoms with Gasteiger partial charge < -0.3 is 14.7 Å². The SMILES string of the molecule is COCCC(=O)N1CCC(c2ccc(O)cc2)CC1. The minimum absolute atomic E-state index is 0.186. The van der Waals surface area contributed by atoms with E-state index < -0.39 is 0 Å². The van der Waals surface area contributed by atoms with Crippen LogP contribution in [0.25, 0.3) is 0 Å². The van der Waals surface area contributed by atoms with Crippen LogP contribution in [-0.4, -0.2) is 42.7 Å². The van der Waals surface area contributed by atoms with E-state index in [0.29, 0.717) is 24.7 Å². The lowest BCUT2D eigenvalue weighted by Crippen LogP contribution is -2.38. The number of carbonyl (C=O) groups is 1. The summed E-state index contributed by atoms with van der Waals surface area (Å²) in [5.41, 5.74) is 1.25. The lowest BCUT2D eigenvalue weighted by molar-refractivity contribution is -0.133. The second-order valence-corrected chi connectivity index (χ2v) is 4.99. The third-order valence-electron chi connectivity index (χ3n) is 3.73. The number of rotatable bonds is 4. The minimum Gasteiger partial charge on any atom is -0.508 e. The number of carbonyl (C=O) groups excluding carboxylic acids is 1. The Morgan fingerprint density at radius 2 is 1.95 bits per heavy atom. The first-order valence-corrected chi connectivity index (χ1v) is 6.76. The van der Waals surface area contributed by atoms with E-state index >= 15 is 0 Å². The lowest BCUT2D eigenvalue weighted by atomic mass is 9.89. The summed E-state index contributed by atoms with van der Waals surface area (Å²) in [6.07, 6.45) is 2.45. The predicted molar refractivity (Wildman–Crippen MR) is 73.2 cm³/mol. The molecule has 1 saturated heterocycles. The Balaban J connectivity index is 1.85. The molecule has 0 saturated carbocycles. The highest BCUT2D eigenvalue weighted by molar-refractivity contribution is 5.76. The molecule has 1 heterocycles. The van der Waals surface area contributed by atoms with Crippen LogP contribution in [0.2, 0.25) is 0 Å². The quantitative estimate of drug-likeness (QED) is 0.905. The number of nitrogens with zero attached hydrogens (tertiary/aromatic N) is 1. The zero-order valence-electron chi connectivity index (χ0n) is 11.3. The molecule has 0 spiro atoms. The average Bonchev–Trinajstić information content (AvgIpc) is 2.46. The van der Waals surface area contributed by atoms with Crippen LogP contribution in [0.4, 0.5) is 0 Å². The van der Waals surface area contributed by atoms with Gasteiger partial charge >= 0.3 is 0 Å². The van der Waals surface area contributed by atoms with Crippen molar-refractivity contribution >= 4 is 5.91 Å². The number of phenols is 1. The number of aromatic hydroxyl groups is 1. The molecule has 1 amide bonds. The summed E-state index contributed by atoms with van der Waals surface area (Å²) in [6, 6.07) is 7.40. The van der Waals surface area contributed by atoms with Crippen molar-refractivity contribution in [2.45, 2.75) is 25.2 Å². The number of ether oxygens (including phenoxy) is 1. The summed E-state index contributed by atoms with van der Waals surface area (Å²) in [6.45, 7) is 2.12. The van der Waals surface area contributed by atoms with Crippen molar-refractivity contribution in [2.24, 2.45) is 0 Å². The molecule has 1 aliphatic heterocycles. The Morgan fingerprint density at radius 1 is 1.32 bits per heavy atom. The monoisotopic (exact) mass is 263 g/mol. The summed E-state index contributed by atoms with van der Waals surface area (Å²) in [5.74, 6) is 0.981. The molecule has 4 heteroatoms. The molecule has 0 atom stereocenters. The van der Waals surface area contributed by atoms with Gasteiger partial charge in [0.05, 0.1) is 13.0 Å². The topological polar surface area (TPSA) is 49.8 Å². The molecule has 104 valence electrons. The zero-order chi connectivity index (χ0) is 13.7. The molecule has 0 unspecified atom stereocenters. The molecule has 1 aromatic carbocycles. The standard InChI is InChI=1S/C15H21NO3/c1-19-11-8-15(18)16-9-6-13(7-10-16)12-2-4-14(17)5-3-12/h2-5,13,17H,6-11H2,1H3. The number of likely N-dealkylation sites (tertiary alicyclic amines) is 1. The first kappa shape index (κ1) is 13.9. The van der Waals surface area contributed by atoms with Gasteiger partial charge in [0.15, 0.2) is 0 Å². The predicted octanol–water partition coefficient (Wildman–Crippen LogP) is 2.13. The van der Waals surface area contributed by atoms with E-state index in [1.807, 2.05) is 17.0 Å². The number of piperidine rings is 1. The van der Waals surface area contributed by atoms with E-state index in [1.165, 1.54) is 5.56 Å². The van der Waals surface area contributed by atoms with Crippen molar-refractivity contribution < 1.29 is 14.6 Å². The van der Waals surface area contributed by atoms with Gasteiger partial charge in [0.1, 0.15) is 5.75 Å². The third-order valence-corrected chi connectivity index (χ3v) is 3.73. The van der Waals surface area contributed by atoms with E-state index in [4.69, 9.17) is 4.74 Å². The van der Waals surface area contributed by atoms with E-state index in [1.54, 1.807) is 19.2 Å². The van der Waals surface area contributed by atoms with Crippen molar-refractivity contribution in [2.75, 3.05) is 26.8 Å².